The van der Waals surface area contributed by atoms with E-state index in [2.05, 4.69) is 15.9 Å². The van der Waals surface area contributed by atoms with Crippen LogP contribution in [-0.4, -0.2) is 7.05 Å². The minimum atomic E-state index is -0.247. The van der Waals surface area contributed by atoms with Crippen LogP contribution < -0.4 is 4.90 Å². The average Bonchev–Trinajstić information content (AvgIpc) is 2.32. The predicted molar refractivity (Wildman–Crippen MR) is 73.3 cm³/mol. The molecule has 0 radical (unpaired) electrons. The Morgan fingerprint density at radius 2 is 1.82 bits per heavy atom. The molecule has 88 valence electrons. The van der Waals surface area contributed by atoms with Gasteiger partial charge in [-0.25, -0.2) is 4.39 Å². The van der Waals surface area contributed by atoms with Crippen molar-refractivity contribution in [1.29, 1.82) is 0 Å². The SMILES string of the molecule is Cc1ccccc1N(C)c1ccc(Br)c(F)c1. The van der Waals surface area contributed by atoms with E-state index in [-0.39, 0.29) is 5.82 Å². The molecule has 0 atom stereocenters. The Morgan fingerprint density at radius 1 is 1.12 bits per heavy atom. The zero-order chi connectivity index (χ0) is 12.4. The van der Waals surface area contributed by atoms with Crippen molar-refractivity contribution in [3.05, 3.63) is 58.3 Å². The van der Waals surface area contributed by atoms with Gasteiger partial charge in [-0.05, 0) is 52.7 Å². The first-order chi connectivity index (χ1) is 8.09. The van der Waals surface area contributed by atoms with Crippen LogP contribution >= 0.6 is 15.9 Å². The van der Waals surface area contributed by atoms with Crippen LogP contribution in [0.2, 0.25) is 0 Å². The quantitative estimate of drug-likeness (QED) is 0.778. The lowest BCUT2D eigenvalue weighted by molar-refractivity contribution is 0.621. The molecule has 2 aromatic rings. The van der Waals surface area contributed by atoms with Crippen molar-refractivity contribution in [3.8, 4) is 0 Å². The van der Waals surface area contributed by atoms with Crippen LogP contribution in [-0.2, 0) is 0 Å². The molecule has 0 aliphatic rings. The highest BCUT2D eigenvalue weighted by atomic mass is 79.9. The highest BCUT2D eigenvalue weighted by Gasteiger charge is 2.08. The molecule has 0 N–H and O–H groups in total. The van der Waals surface area contributed by atoms with Gasteiger partial charge >= 0.3 is 0 Å². The summed E-state index contributed by atoms with van der Waals surface area (Å²) in [7, 11) is 1.94. The van der Waals surface area contributed by atoms with E-state index in [4.69, 9.17) is 0 Å². The molecule has 0 aliphatic carbocycles. The van der Waals surface area contributed by atoms with Crippen LogP contribution in [0.15, 0.2) is 46.9 Å². The lowest BCUT2D eigenvalue weighted by atomic mass is 10.1. The molecule has 0 amide bonds. The fraction of sp³-hybridized carbons (Fsp3) is 0.143. The minimum absolute atomic E-state index is 0.247. The van der Waals surface area contributed by atoms with Crippen molar-refractivity contribution < 1.29 is 4.39 Å². The third-order valence-corrected chi connectivity index (χ3v) is 3.41. The first kappa shape index (κ1) is 12.1. The number of para-hydroxylation sites is 1. The number of hydrogen-bond donors (Lipinski definition) is 0. The van der Waals surface area contributed by atoms with Gasteiger partial charge in [0.2, 0.25) is 0 Å². The van der Waals surface area contributed by atoms with Crippen molar-refractivity contribution in [2.75, 3.05) is 11.9 Å². The van der Waals surface area contributed by atoms with E-state index >= 15 is 0 Å². The molecule has 0 aromatic heterocycles. The second-order valence-corrected chi connectivity index (χ2v) is 4.80. The maximum Gasteiger partial charge on any atom is 0.139 e. The Kier molecular flexibility index (Phi) is 3.48. The van der Waals surface area contributed by atoms with Gasteiger partial charge in [0.1, 0.15) is 5.82 Å². The molecule has 0 saturated carbocycles. The minimum Gasteiger partial charge on any atom is -0.344 e. The van der Waals surface area contributed by atoms with Crippen LogP contribution in [0.1, 0.15) is 5.56 Å². The van der Waals surface area contributed by atoms with Crippen molar-refractivity contribution in [2.45, 2.75) is 6.92 Å². The van der Waals surface area contributed by atoms with E-state index in [1.54, 1.807) is 6.07 Å². The first-order valence-electron chi connectivity index (χ1n) is 5.34. The monoisotopic (exact) mass is 293 g/mol. The molecule has 2 aromatic carbocycles. The van der Waals surface area contributed by atoms with Gasteiger partial charge < -0.3 is 4.90 Å². The van der Waals surface area contributed by atoms with E-state index in [0.717, 1.165) is 11.4 Å². The number of rotatable bonds is 2. The third kappa shape index (κ3) is 2.50. The van der Waals surface area contributed by atoms with Crippen molar-refractivity contribution in [3.63, 3.8) is 0 Å². The highest BCUT2D eigenvalue weighted by Crippen LogP contribution is 2.28. The van der Waals surface area contributed by atoms with Gasteiger partial charge in [0.25, 0.3) is 0 Å². The third-order valence-electron chi connectivity index (χ3n) is 2.77. The van der Waals surface area contributed by atoms with Crippen LogP contribution in [0.3, 0.4) is 0 Å². The van der Waals surface area contributed by atoms with Gasteiger partial charge in [0, 0.05) is 18.4 Å². The lowest BCUT2D eigenvalue weighted by Crippen LogP contribution is -2.10. The topological polar surface area (TPSA) is 3.24 Å². The van der Waals surface area contributed by atoms with E-state index in [0.29, 0.717) is 4.47 Å². The second-order valence-electron chi connectivity index (χ2n) is 3.94. The summed E-state index contributed by atoms with van der Waals surface area (Å²) in [6, 6.07) is 13.2. The number of halogens is 2. The summed E-state index contributed by atoms with van der Waals surface area (Å²) in [5.41, 5.74) is 3.08. The summed E-state index contributed by atoms with van der Waals surface area (Å²) in [5, 5.41) is 0. The zero-order valence-electron chi connectivity index (χ0n) is 9.74. The molecule has 3 heteroatoms. The second kappa shape index (κ2) is 4.88. The Hall–Kier alpha value is -1.35. The van der Waals surface area contributed by atoms with Crippen molar-refractivity contribution >= 4 is 27.3 Å². The largest absolute Gasteiger partial charge is 0.344 e. The molecule has 0 bridgehead atoms. The molecule has 0 unspecified atom stereocenters. The van der Waals surface area contributed by atoms with E-state index < -0.39 is 0 Å². The van der Waals surface area contributed by atoms with Crippen molar-refractivity contribution in [1.82, 2.24) is 0 Å². The molecular formula is C14H13BrFN. The Morgan fingerprint density at radius 3 is 2.47 bits per heavy atom. The summed E-state index contributed by atoms with van der Waals surface area (Å²) in [4.78, 5) is 1.98. The fourth-order valence-corrected chi connectivity index (χ4v) is 2.02. The molecule has 2 rings (SSSR count). The molecule has 1 nitrogen and oxygen atoms in total. The van der Waals surface area contributed by atoms with Crippen LogP contribution in [0.5, 0.6) is 0 Å². The Balaban J connectivity index is 2.40. The lowest BCUT2D eigenvalue weighted by Gasteiger charge is -2.21. The van der Waals surface area contributed by atoms with Gasteiger partial charge in [-0.15, -0.1) is 0 Å². The maximum absolute atomic E-state index is 13.5. The molecule has 0 fully saturated rings. The molecule has 0 spiro atoms. The van der Waals surface area contributed by atoms with E-state index in [1.807, 2.05) is 49.2 Å². The number of aryl methyl sites for hydroxylation is 1. The maximum atomic E-state index is 13.5. The molecular weight excluding hydrogens is 281 g/mol. The summed E-state index contributed by atoms with van der Waals surface area (Å²) in [5.74, 6) is -0.247. The predicted octanol–water partition coefficient (Wildman–Crippen LogP) is 4.66. The van der Waals surface area contributed by atoms with Crippen LogP contribution in [0, 0.1) is 12.7 Å². The van der Waals surface area contributed by atoms with Gasteiger partial charge in [-0.2, -0.15) is 0 Å². The fourth-order valence-electron chi connectivity index (χ4n) is 1.77. The zero-order valence-corrected chi connectivity index (χ0v) is 11.3. The van der Waals surface area contributed by atoms with Crippen molar-refractivity contribution in [2.24, 2.45) is 0 Å². The first-order valence-corrected chi connectivity index (χ1v) is 6.13. The van der Waals surface area contributed by atoms with Gasteiger partial charge in [-0.3, -0.25) is 0 Å². The van der Waals surface area contributed by atoms with Gasteiger partial charge in [-0.1, -0.05) is 18.2 Å². The van der Waals surface area contributed by atoms with E-state index in [1.165, 1.54) is 11.6 Å². The Labute approximate surface area is 109 Å². The normalized spacial score (nSPS) is 10.4. The number of hydrogen-bond acceptors (Lipinski definition) is 1. The smallest absolute Gasteiger partial charge is 0.139 e. The molecule has 17 heavy (non-hydrogen) atoms. The Bertz CT molecular complexity index is 539. The van der Waals surface area contributed by atoms with E-state index in [9.17, 15) is 4.39 Å². The summed E-state index contributed by atoms with van der Waals surface area (Å²) in [6.45, 7) is 2.04. The summed E-state index contributed by atoms with van der Waals surface area (Å²) < 4.78 is 14.0. The van der Waals surface area contributed by atoms with Gasteiger partial charge in [0.05, 0.1) is 4.47 Å². The average molecular weight is 294 g/mol. The molecule has 0 saturated heterocycles. The highest BCUT2D eigenvalue weighted by molar-refractivity contribution is 9.10. The van der Waals surface area contributed by atoms with Crippen LogP contribution in [0.4, 0.5) is 15.8 Å². The summed E-state index contributed by atoms with van der Waals surface area (Å²) >= 11 is 3.16. The number of anilines is 2. The molecule has 0 heterocycles. The van der Waals surface area contributed by atoms with Gasteiger partial charge in [0.15, 0.2) is 0 Å². The molecule has 0 aliphatic heterocycles. The standard InChI is InChI=1S/C14H13BrFN/c1-10-5-3-4-6-14(10)17(2)11-7-8-12(15)13(16)9-11/h3-9H,1-2H3. The number of benzene rings is 2. The number of nitrogens with zero attached hydrogens (tertiary/aromatic N) is 1. The van der Waals surface area contributed by atoms with Crippen LogP contribution in [0.25, 0.3) is 0 Å². The summed E-state index contributed by atoms with van der Waals surface area (Å²) in [6.07, 6.45) is 0.